The van der Waals surface area contributed by atoms with Crippen molar-refractivity contribution < 1.29 is 9.53 Å². The number of tetrazole rings is 1. The number of benzene rings is 2. The molecule has 28 heavy (non-hydrogen) atoms. The molecule has 2 aromatic carbocycles. The van der Waals surface area contributed by atoms with E-state index in [0.29, 0.717) is 5.16 Å². The van der Waals surface area contributed by atoms with Gasteiger partial charge in [-0.05, 0) is 46.7 Å². The van der Waals surface area contributed by atoms with Gasteiger partial charge in [0.05, 0.1) is 24.6 Å². The van der Waals surface area contributed by atoms with E-state index in [1.165, 1.54) is 11.8 Å². The summed E-state index contributed by atoms with van der Waals surface area (Å²) in [5.41, 5.74) is 1.92. The molecule has 7 nitrogen and oxygen atoms in total. The third kappa shape index (κ3) is 5.10. The van der Waals surface area contributed by atoms with Crippen LogP contribution in [0.15, 0.2) is 59.8 Å². The number of methoxy groups -OCH3 is 1. The zero-order chi connectivity index (χ0) is 19.8. The van der Waals surface area contributed by atoms with Crippen molar-refractivity contribution in [2.45, 2.75) is 31.0 Å². The average Bonchev–Trinajstić information content (AvgIpc) is 3.21. The highest BCUT2D eigenvalue weighted by Gasteiger charge is 2.16. The van der Waals surface area contributed by atoms with Gasteiger partial charge in [0.25, 0.3) is 0 Å². The number of thioether (sulfide) groups is 1. The maximum absolute atomic E-state index is 12.5. The molecular weight excluding hydrogens is 374 g/mol. The fraction of sp³-hybridized carbons (Fsp3) is 0.300. The standard InChI is InChI=1S/C20H23N5O2S/c1-3-7-18(15-8-5-4-6-9-15)21-19(26)14-28-20-22-23-24-25(20)16-10-12-17(27-2)13-11-16/h4-6,8-13,18H,3,7,14H2,1-2H3,(H,21,26)/t18-/m1/s1. The summed E-state index contributed by atoms with van der Waals surface area (Å²) in [7, 11) is 1.62. The zero-order valence-corrected chi connectivity index (χ0v) is 16.7. The molecule has 1 N–H and O–H groups in total. The third-order valence-electron chi connectivity index (χ3n) is 4.20. The number of nitrogens with zero attached hydrogens (tertiary/aromatic N) is 4. The van der Waals surface area contributed by atoms with Gasteiger partial charge in [-0.15, -0.1) is 5.10 Å². The van der Waals surface area contributed by atoms with E-state index in [1.807, 2.05) is 54.6 Å². The van der Waals surface area contributed by atoms with Crippen LogP contribution in [0.5, 0.6) is 5.75 Å². The van der Waals surface area contributed by atoms with Crippen LogP contribution in [0.25, 0.3) is 5.69 Å². The highest BCUT2D eigenvalue weighted by molar-refractivity contribution is 7.99. The Hall–Kier alpha value is -2.87. The van der Waals surface area contributed by atoms with Crippen molar-refractivity contribution in [3.05, 3.63) is 60.2 Å². The molecule has 1 aromatic heterocycles. The minimum absolute atomic E-state index is 0.0110. The number of rotatable bonds is 9. The van der Waals surface area contributed by atoms with Crippen LogP contribution >= 0.6 is 11.8 Å². The summed E-state index contributed by atoms with van der Waals surface area (Å²) in [6.45, 7) is 2.11. The number of hydrogen-bond acceptors (Lipinski definition) is 6. The second-order valence-corrected chi connectivity index (χ2v) is 7.12. The fourth-order valence-corrected chi connectivity index (χ4v) is 3.52. The van der Waals surface area contributed by atoms with Crippen LogP contribution in [-0.2, 0) is 4.79 Å². The molecule has 0 spiro atoms. The van der Waals surface area contributed by atoms with Crippen LogP contribution in [0.1, 0.15) is 31.4 Å². The van der Waals surface area contributed by atoms with E-state index in [4.69, 9.17) is 4.74 Å². The molecule has 8 heteroatoms. The van der Waals surface area contributed by atoms with Gasteiger partial charge in [-0.3, -0.25) is 4.79 Å². The quantitative estimate of drug-likeness (QED) is 0.557. The molecule has 0 aliphatic heterocycles. The van der Waals surface area contributed by atoms with E-state index in [-0.39, 0.29) is 17.7 Å². The summed E-state index contributed by atoms with van der Waals surface area (Å²) < 4.78 is 6.78. The number of carbonyl (C=O) groups excluding carboxylic acids is 1. The SMILES string of the molecule is CCC[C@@H](NC(=O)CSc1nnnn1-c1ccc(OC)cc1)c1ccccc1. The van der Waals surface area contributed by atoms with Crippen molar-refractivity contribution >= 4 is 17.7 Å². The van der Waals surface area contributed by atoms with Crippen molar-refractivity contribution in [1.29, 1.82) is 0 Å². The molecule has 0 bridgehead atoms. The van der Waals surface area contributed by atoms with Gasteiger partial charge in [0.15, 0.2) is 0 Å². The van der Waals surface area contributed by atoms with Crippen molar-refractivity contribution in [3.8, 4) is 11.4 Å². The Kier molecular flexibility index (Phi) is 7.02. The Morgan fingerprint density at radius 1 is 1.18 bits per heavy atom. The van der Waals surface area contributed by atoms with Crippen molar-refractivity contribution in [2.24, 2.45) is 0 Å². The molecule has 0 saturated carbocycles. The van der Waals surface area contributed by atoms with Crippen molar-refractivity contribution in [2.75, 3.05) is 12.9 Å². The number of nitrogens with one attached hydrogen (secondary N) is 1. The second-order valence-electron chi connectivity index (χ2n) is 6.18. The van der Waals surface area contributed by atoms with Gasteiger partial charge in [-0.1, -0.05) is 55.4 Å². The molecule has 0 aliphatic rings. The highest BCUT2D eigenvalue weighted by atomic mass is 32.2. The van der Waals surface area contributed by atoms with Crippen LogP contribution in [0.3, 0.4) is 0 Å². The summed E-state index contributed by atoms with van der Waals surface area (Å²) in [5.74, 6) is 0.952. The van der Waals surface area contributed by atoms with Gasteiger partial charge in [0, 0.05) is 0 Å². The third-order valence-corrected chi connectivity index (χ3v) is 5.12. The Morgan fingerprint density at radius 3 is 2.61 bits per heavy atom. The molecule has 0 fully saturated rings. The summed E-state index contributed by atoms with van der Waals surface area (Å²) in [6, 6.07) is 17.5. The lowest BCUT2D eigenvalue weighted by atomic mass is 10.0. The predicted molar refractivity (Wildman–Crippen MR) is 109 cm³/mol. The highest BCUT2D eigenvalue weighted by Crippen LogP contribution is 2.22. The molecule has 0 saturated heterocycles. The topological polar surface area (TPSA) is 81.9 Å². The Morgan fingerprint density at radius 2 is 1.93 bits per heavy atom. The first-order valence-corrected chi connectivity index (χ1v) is 10.1. The number of amides is 1. The molecule has 0 unspecified atom stereocenters. The molecule has 0 aliphatic carbocycles. The number of aromatic nitrogens is 4. The molecule has 1 amide bonds. The van der Waals surface area contributed by atoms with Crippen LogP contribution in [0.2, 0.25) is 0 Å². The summed E-state index contributed by atoms with van der Waals surface area (Å²) in [4.78, 5) is 12.5. The van der Waals surface area contributed by atoms with E-state index in [0.717, 1.165) is 29.8 Å². The van der Waals surface area contributed by atoms with Gasteiger partial charge >= 0.3 is 0 Å². The number of hydrogen-bond donors (Lipinski definition) is 1. The van der Waals surface area contributed by atoms with E-state index in [2.05, 4.69) is 27.8 Å². The van der Waals surface area contributed by atoms with Gasteiger partial charge in [0.1, 0.15) is 5.75 Å². The largest absolute Gasteiger partial charge is 0.497 e. The van der Waals surface area contributed by atoms with Crippen molar-refractivity contribution in [1.82, 2.24) is 25.5 Å². The smallest absolute Gasteiger partial charge is 0.230 e. The lowest BCUT2D eigenvalue weighted by Crippen LogP contribution is -2.30. The fourth-order valence-electron chi connectivity index (χ4n) is 2.82. The minimum atomic E-state index is -0.0448. The molecule has 1 heterocycles. The van der Waals surface area contributed by atoms with Crippen LogP contribution in [-0.4, -0.2) is 39.0 Å². The average molecular weight is 398 g/mol. The van der Waals surface area contributed by atoms with Gasteiger partial charge in [0.2, 0.25) is 11.1 Å². The minimum Gasteiger partial charge on any atom is -0.497 e. The number of ether oxygens (including phenoxy) is 1. The van der Waals surface area contributed by atoms with Gasteiger partial charge < -0.3 is 10.1 Å². The van der Waals surface area contributed by atoms with Crippen LogP contribution in [0.4, 0.5) is 0 Å². The summed E-state index contributed by atoms with van der Waals surface area (Å²) in [6.07, 6.45) is 1.88. The molecule has 1 atom stereocenters. The zero-order valence-electron chi connectivity index (χ0n) is 15.9. The van der Waals surface area contributed by atoms with Crippen LogP contribution in [0, 0.1) is 0 Å². The normalized spacial score (nSPS) is 11.8. The first kappa shape index (κ1) is 19.9. The first-order valence-electron chi connectivity index (χ1n) is 9.11. The maximum Gasteiger partial charge on any atom is 0.230 e. The van der Waals surface area contributed by atoms with Crippen LogP contribution < -0.4 is 10.1 Å². The Bertz CT molecular complexity index is 883. The van der Waals surface area contributed by atoms with Crippen molar-refractivity contribution in [3.63, 3.8) is 0 Å². The van der Waals surface area contributed by atoms with Gasteiger partial charge in [-0.25, -0.2) is 0 Å². The van der Waals surface area contributed by atoms with E-state index >= 15 is 0 Å². The Labute approximate surface area is 168 Å². The molecule has 3 aromatic rings. The second kappa shape index (κ2) is 9.89. The van der Waals surface area contributed by atoms with E-state index < -0.39 is 0 Å². The molecular formula is C20H23N5O2S. The lowest BCUT2D eigenvalue weighted by Gasteiger charge is -2.18. The molecule has 3 rings (SSSR count). The van der Waals surface area contributed by atoms with E-state index in [1.54, 1.807) is 11.8 Å². The molecule has 146 valence electrons. The molecule has 0 radical (unpaired) electrons. The lowest BCUT2D eigenvalue weighted by molar-refractivity contribution is -0.119. The Balaban J connectivity index is 1.62. The maximum atomic E-state index is 12.5. The van der Waals surface area contributed by atoms with E-state index in [9.17, 15) is 4.79 Å². The van der Waals surface area contributed by atoms with Gasteiger partial charge in [-0.2, -0.15) is 4.68 Å². The summed E-state index contributed by atoms with van der Waals surface area (Å²) in [5, 5.41) is 15.5. The summed E-state index contributed by atoms with van der Waals surface area (Å²) >= 11 is 1.31. The monoisotopic (exact) mass is 397 g/mol. The predicted octanol–water partition coefficient (Wildman–Crippen LogP) is 3.42. The first-order chi connectivity index (χ1) is 13.7. The number of carbonyl (C=O) groups is 1.